The fourth-order valence-corrected chi connectivity index (χ4v) is 1.59. The molecule has 1 atom stereocenters. The molecule has 0 aliphatic carbocycles. The smallest absolute Gasteiger partial charge is 0.0446 e. The molecule has 0 fully saturated rings. The monoisotopic (exact) mass is 200 g/mol. The summed E-state index contributed by atoms with van der Waals surface area (Å²) in [4.78, 5) is 3.21. The highest BCUT2D eigenvalue weighted by atomic mass is 14.9. The maximum absolute atomic E-state index is 3.47. The second-order valence-corrected chi connectivity index (χ2v) is 3.71. The molecule has 15 heavy (non-hydrogen) atoms. The lowest BCUT2D eigenvalue weighted by Gasteiger charge is -2.12. The van der Waals surface area contributed by atoms with E-state index in [0.29, 0.717) is 6.04 Å². The van der Waals surface area contributed by atoms with Crippen molar-refractivity contribution in [2.24, 2.45) is 0 Å². The van der Waals surface area contributed by atoms with Gasteiger partial charge in [-0.05, 0) is 24.6 Å². The van der Waals surface area contributed by atoms with E-state index in [4.69, 9.17) is 0 Å². The van der Waals surface area contributed by atoms with Gasteiger partial charge in [0.25, 0.3) is 0 Å². The second-order valence-electron chi connectivity index (χ2n) is 3.71. The normalized spacial score (nSPS) is 12.6. The van der Waals surface area contributed by atoms with Crippen molar-refractivity contribution in [1.29, 1.82) is 0 Å². The van der Waals surface area contributed by atoms with Crippen molar-refractivity contribution in [3.8, 4) is 0 Å². The van der Waals surface area contributed by atoms with Gasteiger partial charge in [-0.1, -0.05) is 30.3 Å². The lowest BCUT2D eigenvalue weighted by atomic mass is 10.2. The molecule has 0 aliphatic rings. The predicted octanol–water partition coefficient (Wildman–Crippen LogP) is 2.87. The molecule has 0 amide bonds. The summed E-state index contributed by atoms with van der Waals surface area (Å²) in [6, 6.07) is 14.9. The molecule has 2 N–H and O–H groups in total. The highest BCUT2D eigenvalue weighted by Gasteiger charge is 2.04. The molecule has 2 aromatic rings. The molecule has 1 aromatic carbocycles. The summed E-state index contributed by atoms with van der Waals surface area (Å²) in [6.45, 7) is 3.07. The molecule has 1 heterocycles. The van der Waals surface area contributed by atoms with Gasteiger partial charge in [0.1, 0.15) is 0 Å². The maximum atomic E-state index is 3.47. The van der Waals surface area contributed by atoms with Crippen LogP contribution in [-0.2, 0) is 6.54 Å². The van der Waals surface area contributed by atoms with Crippen LogP contribution in [0.5, 0.6) is 0 Å². The van der Waals surface area contributed by atoms with E-state index < -0.39 is 0 Å². The Labute approximate surface area is 90.3 Å². The van der Waals surface area contributed by atoms with Crippen molar-refractivity contribution in [3.05, 3.63) is 59.9 Å². The van der Waals surface area contributed by atoms with Crippen molar-refractivity contribution in [2.75, 3.05) is 0 Å². The van der Waals surface area contributed by atoms with Crippen LogP contribution in [0, 0.1) is 0 Å². The summed E-state index contributed by atoms with van der Waals surface area (Å²) >= 11 is 0. The maximum Gasteiger partial charge on any atom is 0.0446 e. The van der Waals surface area contributed by atoms with E-state index >= 15 is 0 Å². The Hall–Kier alpha value is -1.54. The van der Waals surface area contributed by atoms with Crippen LogP contribution in [0.2, 0.25) is 0 Å². The van der Waals surface area contributed by atoms with Crippen LogP contribution in [0.1, 0.15) is 24.2 Å². The van der Waals surface area contributed by atoms with Crippen LogP contribution in [0.25, 0.3) is 0 Å². The Bertz CT molecular complexity index is 378. The minimum Gasteiger partial charge on any atom is -0.364 e. The first-order valence-electron chi connectivity index (χ1n) is 5.27. The Morgan fingerprint density at radius 1 is 1.13 bits per heavy atom. The van der Waals surface area contributed by atoms with Gasteiger partial charge in [0, 0.05) is 24.5 Å². The number of aromatic amines is 1. The minimum absolute atomic E-state index is 0.361. The molecule has 0 unspecified atom stereocenters. The number of H-pyrrole nitrogens is 1. The number of aromatic nitrogens is 1. The second kappa shape index (κ2) is 4.80. The molecule has 1 aromatic heterocycles. The minimum atomic E-state index is 0.361. The third-order valence-corrected chi connectivity index (χ3v) is 2.54. The summed E-state index contributed by atoms with van der Waals surface area (Å²) in [6.07, 6.45) is 1.95. The molecule has 0 spiro atoms. The van der Waals surface area contributed by atoms with Gasteiger partial charge in [0.05, 0.1) is 0 Å². The Kier molecular flexibility index (Phi) is 3.20. The lowest BCUT2D eigenvalue weighted by Crippen LogP contribution is -2.18. The van der Waals surface area contributed by atoms with E-state index in [0.717, 1.165) is 6.54 Å². The van der Waals surface area contributed by atoms with Gasteiger partial charge in [0.2, 0.25) is 0 Å². The van der Waals surface area contributed by atoms with Crippen molar-refractivity contribution >= 4 is 0 Å². The molecule has 2 rings (SSSR count). The van der Waals surface area contributed by atoms with Crippen LogP contribution in [0.15, 0.2) is 48.7 Å². The number of benzene rings is 1. The predicted molar refractivity (Wildman–Crippen MR) is 62.5 cm³/mol. The molecule has 2 nitrogen and oxygen atoms in total. The molecular formula is C13H16N2. The third kappa shape index (κ3) is 2.70. The number of hydrogen-bond donors (Lipinski definition) is 2. The van der Waals surface area contributed by atoms with E-state index in [1.807, 2.05) is 18.3 Å². The van der Waals surface area contributed by atoms with E-state index in [-0.39, 0.29) is 0 Å². The zero-order chi connectivity index (χ0) is 10.5. The van der Waals surface area contributed by atoms with Crippen molar-refractivity contribution in [3.63, 3.8) is 0 Å². The van der Waals surface area contributed by atoms with Gasteiger partial charge in [-0.2, -0.15) is 0 Å². The fraction of sp³-hybridized carbons (Fsp3) is 0.231. The highest BCUT2D eigenvalue weighted by molar-refractivity contribution is 5.15. The van der Waals surface area contributed by atoms with E-state index in [1.165, 1.54) is 11.3 Å². The van der Waals surface area contributed by atoms with Crippen molar-refractivity contribution in [1.82, 2.24) is 10.3 Å². The van der Waals surface area contributed by atoms with Crippen LogP contribution in [0.3, 0.4) is 0 Å². The summed E-state index contributed by atoms with van der Waals surface area (Å²) in [7, 11) is 0. The molecule has 2 heteroatoms. The van der Waals surface area contributed by atoms with Gasteiger partial charge >= 0.3 is 0 Å². The zero-order valence-electron chi connectivity index (χ0n) is 8.90. The Morgan fingerprint density at radius 3 is 2.60 bits per heavy atom. The van der Waals surface area contributed by atoms with Crippen LogP contribution in [0.4, 0.5) is 0 Å². The molecule has 78 valence electrons. The van der Waals surface area contributed by atoms with Gasteiger partial charge in [-0.25, -0.2) is 0 Å². The quantitative estimate of drug-likeness (QED) is 0.780. The lowest BCUT2D eigenvalue weighted by molar-refractivity contribution is 0.564. The molecule has 0 saturated heterocycles. The van der Waals surface area contributed by atoms with Crippen molar-refractivity contribution in [2.45, 2.75) is 19.5 Å². The number of rotatable bonds is 4. The standard InChI is InChI=1S/C13H16N2/c1-11(13-8-5-9-14-13)15-10-12-6-3-2-4-7-12/h2-9,11,14-15H,10H2,1H3/t11-/m0/s1. The summed E-state index contributed by atoms with van der Waals surface area (Å²) < 4.78 is 0. The molecular weight excluding hydrogens is 184 g/mol. The van der Waals surface area contributed by atoms with Gasteiger partial charge in [0.15, 0.2) is 0 Å². The first kappa shape index (κ1) is 9.99. The van der Waals surface area contributed by atoms with Crippen LogP contribution >= 0.6 is 0 Å². The van der Waals surface area contributed by atoms with Gasteiger partial charge in [-0.15, -0.1) is 0 Å². The fourth-order valence-electron chi connectivity index (χ4n) is 1.59. The summed E-state index contributed by atoms with van der Waals surface area (Å²) in [5.41, 5.74) is 2.54. The Morgan fingerprint density at radius 2 is 1.93 bits per heavy atom. The first-order chi connectivity index (χ1) is 7.36. The Balaban J connectivity index is 1.89. The average molecular weight is 200 g/mol. The summed E-state index contributed by atoms with van der Waals surface area (Å²) in [5, 5.41) is 3.47. The average Bonchev–Trinajstić information content (AvgIpc) is 2.81. The molecule has 0 saturated carbocycles. The number of nitrogens with one attached hydrogen (secondary N) is 2. The molecule has 0 radical (unpaired) electrons. The largest absolute Gasteiger partial charge is 0.364 e. The molecule has 0 aliphatic heterocycles. The van der Waals surface area contributed by atoms with Crippen molar-refractivity contribution < 1.29 is 0 Å². The van der Waals surface area contributed by atoms with Crippen LogP contribution < -0.4 is 5.32 Å². The molecule has 0 bridgehead atoms. The van der Waals surface area contributed by atoms with E-state index in [1.54, 1.807) is 0 Å². The van der Waals surface area contributed by atoms with E-state index in [2.05, 4.69) is 47.6 Å². The summed E-state index contributed by atoms with van der Waals surface area (Å²) in [5.74, 6) is 0. The highest BCUT2D eigenvalue weighted by Crippen LogP contribution is 2.09. The van der Waals surface area contributed by atoms with Gasteiger partial charge < -0.3 is 10.3 Å². The zero-order valence-corrected chi connectivity index (χ0v) is 8.90. The van der Waals surface area contributed by atoms with Gasteiger partial charge in [-0.3, -0.25) is 0 Å². The van der Waals surface area contributed by atoms with Crippen LogP contribution in [-0.4, -0.2) is 4.98 Å². The van der Waals surface area contributed by atoms with E-state index in [9.17, 15) is 0 Å². The number of hydrogen-bond acceptors (Lipinski definition) is 1. The SMILES string of the molecule is C[C@H](NCc1ccccc1)c1ccc[nH]1. The first-order valence-corrected chi connectivity index (χ1v) is 5.27. The third-order valence-electron chi connectivity index (χ3n) is 2.54. The topological polar surface area (TPSA) is 27.8 Å².